The summed E-state index contributed by atoms with van der Waals surface area (Å²) in [7, 11) is 0. The minimum absolute atomic E-state index is 0.0124. The van der Waals surface area contributed by atoms with Gasteiger partial charge in [0.15, 0.2) is 0 Å². The van der Waals surface area contributed by atoms with E-state index in [9.17, 15) is 4.79 Å². The second kappa shape index (κ2) is 6.34. The average Bonchev–Trinajstić information content (AvgIpc) is 2.35. The van der Waals surface area contributed by atoms with Crippen LogP contribution in [0.2, 0.25) is 0 Å². The number of rotatable bonds is 4. The molecule has 1 rings (SSSR count). The third kappa shape index (κ3) is 3.11. The van der Waals surface area contributed by atoms with Gasteiger partial charge < -0.3 is 4.90 Å². The van der Waals surface area contributed by atoms with Crippen molar-refractivity contribution in [1.29, 1.82) is 0 Å². The number of carbonyl (C=O) groups is 1. The van der Waals surface area contributed by atoms with Gasteiger partial charge in [0.25, 0.3) is 5.91 Å². The van der Waals surface area contributed by atoms with Crippen LogP contribution in [-0.2, 0) is 5.33 Å². The Kier molecular flexibility index (Phi) is 5.07. The summed E-state index contributed by atoms with van der Waals surface area (Å²) in [4.78, 5) is 13.6. The molecule has 1 aromatic carbocycles. The molecule has 0 spiro atoms. The molecule has 84 valence electrons. The number of alkyl halides is 1. The van der Waals surface area contributed by atoms with Gasteiger partial charge in [-0.15, -0.1) is 6.42 Å². The quantitative estimate of drug-likeness (QED) is 0.613. The Morgan fingerprint density at radius 3 is 2.50 bits per heavy atom. The van der Waals surface area contributed by atoms with Crippen LogP contribution in [0.5, 0.6) is 0 Å². The zero-order valence-electron chi connectivity index (χ0n) is 9.24. The van der Waals surface area contributed by atoms with Gasteiger partial charge in [0.05, 0.1) is 6.54 Å². The first kappa shape index (κ1) is 12.8. The predicted octanol–water partition coefficient (Wildman–Crippen LogP) is 2.68. The summed E-state index contributed by atoms with van der Waals surface area (Å²) in [5, 5.41) is 0.795. The van der Waals surface area contributed by atoms with Crippen molar-refractivity contribution < 1.29 is 4.79 Å². The van der Waals surface area contributed by atoms with Gasteiger partial charge >= 0.3 is 0 Å². The molecule has 0 radical (unpaired) electrons. The molecule has 0 N–H and O–H groups in total. The average molecular weight is 280 g/mol. The highest BCUT2D eigenvalue weighted by molar-refractivity contribution is 9.08. The molecule has 1 amide bonds. The van der Waals surface area contributed by atoms with Gasteiger partial charge in [0.2, 0.25) is 0 Å². The molecule has 0 aromatic heterocycles. The molecule has 16 heavy (non-hydrogen) atoms. The van der Waals surface area contributed by atoms with E-state index in [1.807, 2.05) is 31.2 Å². The van der Waals surface area contributed by atoms with E-state index < -0.39 is 0 Å². The van der Waals surface area contributed by atoms with Crippen molar-refractivity contribution in [3.63, 3.8) is 0 Å². The van der Waals surface area contributed by atoms with Crippen LogP contribution >= 0.6 is 15.9 Å². The summed E-state index contributed by atoms with van der Waals surface area (Å²) in [5.41, 5.74) is 1.83. The molecular weight excluding hydrogens is 266 g/mol. The summed E-state index contributed by atoms with van der Waals surface area (Å²) < 4.78 is 0. The Morgan fingerprint density at radius 1 is 1.44 bits per heavy atom. The van der Waals surface area contributed by atoms with Crippen LogP contribution < -0.4 is 0 Å². The van der Waals surface area contributed by atoms with Gasteiger partial charge in [0.1, 0.15) is 0 Å². The van der Waals surface area contributed by atoms with Gasteiger partial charge in [0, 0.05) is 17.4 Å². The van der Waals surface area contributed by atoms with E-state index in [2.05, 4.69) is 21.9 Å². The second-order valence-electron chi connectivity index (χ2n) is 3.35. The lowest BCUT2D eigenvalue weighted by Crippen LogP contribution is -2.31. The molecule has 0 aliphatic heterocycles. The highest BCUT2D eigenvalue weighted by Crippen LogP contribution is 2.10. The maximum absolute atomic E-state index is 12.0. The lowest BCUT2D eigenvalue weighted by atomic mass is 10.1. The summed E-state index contributed by atoms with van der Waals surface area (Å²) >= 11 is 3.36. The fraction of sp³-hybridized carbons (Fsp3) is 0.308. The minimum Gasteiger partial charge on any atom is -0.328 e. The Morgan fingerprint density at radius 2 is 2.06 bits per heavy atom. The van der Waals surface area contributed by atoms with E-state index in [0.717, 1.165) is 10.9 Å². The van der Waals surface area contributed by atoms with Crippen molar-refractivity contribution in [2.45, 2.75) is 12.3 Å². The zero-order chi connectivity index (χ0) is 12.0. The van der Waals surface area contributed by atoms with Crippen molar-refractivity contribution >= 4 is 21.8 Å². The molecule has 0 aliphatic rings. The van der Waals surface area contributed by atoms with Crippen LogP contribution in [0.15, 0.2) is 24.3 Å². The van der Waals surface area contributed by atoms with Crippen molar-refractivity contribution in [3.8, 4) is 12.3 Å². The van der Waals surface area contributed by atoms with Crippen LogP contribution in [0.1, 0.15) is 22.8 Å². The molecule has 3 heteroatoms. The largest absolute Gasteiger partial charge is 0.328 e. The zero-order valence-corrected chi connectivity index (χ0v) is 10.8. The van der Waals surface area contributed by atoms with Gasteiger partial charge in [-0.2, -0.15) is 0 Å². The second-order valence-corrected chi connectivity index (χ2v) is 3.91. The number of nitrogens with zero attached hydrogens (tertiary/aromatic N) is 1. The summed E-state index contributed by atoms with van der Waals surface area (Å²) in [5.74, 6) is 2.48. The molecule has 0 bridgehead atoms. The van der Waals surface area contributed by atoms with Crippen molar-refractivity contribution in [2.75, 3.05) is 13.1 Å². The first-order chi connectivity index (χ1) is 7.72. The normalized spacial score (nSPS) is 9.56. The highest BCUT2D eigenvalue weighted by atomic mass is 79.9. The maximum atomic E-state index is 12.0. The number of hydrogen-bond acceptors (Lipinski definition) is 1. The molecule has 1 aromatic rings. The van der Waals surface area contributed by atoms with E-state index >= 15 is 0 Å². The number of hydrogen-bond donors (Lipinski definition) is 0. The topological polar surface area (TPSA) is 20.3 Å². The number of halogens is 1. The first-order valence-electron chi connectivity index (χ1n) is 5.10. The fourth-order valence-corrected chi connectivity index (χ4v) is 1.73. The highest BCUT2D eigenvalue weighted by Gasteiger charge is 2.12. The molecule has 0 aliphatic carbocycles. The fourth-order valence-electron chi connectivity index (χ4n) is 1.36. The number of terminal acetylenes is 1. The van der Waals surface area contributed by atoms with Crippen LogP contribution in [0.25, 0.3) is 0 Å². The Labute approximate surface area is 105 Å². The van der Waals surface area contributed by atoms with Gasteiger partial charge in [-0.05, 0) is 24.6 Å². The van der Waals surface area contributed by atoms with E-state index in [4.69, 9.17) is 6.42 Å². The van der Waals surface area contributed by atoms with Crippen LogP contribution in [-0.4, -0.2) is 23.9 Å². The molecule has 2 nitrogen and oxygen atoms in total. The molecule has 0 saturated carbocycles. The lowest BCUT2D eigenvalue weighted by Gasteiger charge is -2.17. The third-order valence-corrected chi connectivity index (χ3v) is 2.95. The van der Waals surface area contributed by atoms with Gasteiger partial charge in [-0.25, -0.2) is 0 Å². The minimum atomic E-state index is -0.0124. The number of amides is 1. The molecular formula is C13H14BrNO. The SMILES string of the molecule is C#CCN(CC)C(=O)c1ccc(CBr)cc1. The summed E-state index contributed by atoms with van der Waals surface area (Å²) in [6, 6.07) is 7.54. The third-order valence-electron chi connectivity index (χ3n) is 2.31. The molecule has 0 unspecified atom stereocenters. The van der Waals surface area contributed by atoms with E-state index in [1.165, 1.54) is 0 Å². The van der Waals surface area contributed by atoms with E-state index in [1.54, 1.807) is 4.90 Å². The Bertz CT molecular complexity index is 391. The molecule has 0 saturated heterocycles. The van der Waals surface area contributed by atoms with Crippen LogP contribution in [0, 0.1) is 12.3 Å². The standard InChI is InChI=1S/C13H14BrNO/c1-3-9-15(4-2)13(16)12-7-5-11(10-14)6-8-12/h1,5-8H,4,9-10H2,2H3. The van der Waals surface area contributed by atoms with E-state index in [0.29, 0.717) is 18.7 Å². The summed E-state index contributed by atoms with van der Waals surface area (Å²) in [6.07, 6.45) is 5.22. The van der Waals surface area contributed by atoms with Crippen LogP contribution in [0.4, 0.5) is 0 Å². The lowest BCUT2D eigenvalue weighted by molar-refractivity contribution is 0.0785. The maximum Gasteiger partial charge on any atom is 0.254 e. The Balaban J connectivity index is 2.83. The molecule has 0 atom stereocenters. The van der Waals surface area contributed by atoms with Gasteiger partial charge in [-0.3, -0.25) is 4.79 Å². The molecule has 0 heterocycles. The van der Waals surface area contributed by atoms with Crippen molar-refractivity contribution in [2.24, 2.45) is 0 Å². The number of carbonyl (C=O) groups excluding carboxylic acids is 1. The summed E-state index contributed by atoms with van der Waals surface area (Å²) in [6.45, 7) is 2.90. The monoisotopic (exact) mass is 279 g/mol. The smallest absolute Gasteiger partial charge is 0.254 e. The first-order valence-corrected chi connectivity index (χ1v) is 6.22. The van der Waals surface area contributed by atoms with E-state index in [-0.39, 0.29) is 5.91 Å². The van der Waals surface area contributed by atoms with Gasteiger partial charge in [-0.1, -0.05) is 34.0 Å². The Hall–Kier alpha value is -1.27. The number of benzene rings is 1. The van der Waals surface area contributed by atoms with Crippen molar-refractivity contribution in [1.82, 2.24) is 4.90 Å². The van der Waals surface area contributed by atoms with Crippen LogP contribution in [0.3, 0.4) is 0 Å². The molecule has 0 fully saturated rings. The predicted molar refractivity (Wildman–Crippen MR) is 69.5 cm³/mol. The van der Waals surface area contributed by atoms with Crippen molar-refractivity contribution in [3.05, 3.63) is 35.4 Å².